The first-order valence-electron chi connectivity index (χ1n) is 4.83. The van der Waals surface area contributed by atoms with E-state index in [9.17, 15) is 8.42 Å². The minimum absolute atomic E-state index is 0.00782. The maximum Gasteiger partial charge on any atom is 0.258 e. The van der Waals surface area contributed by atoms with Crippen LogP contribution in [0.25, 0.3) is 0 Å². The normalized spacial score (nSPS) is 11.8. The highest BCUT2D eigenvalue weighted by atomic mass is 32.2. The van der Waals surface area contributed by atoms with Crippen LogP contribution in [0.1, 0.15) is 11.4 Å². The molecule has 0 amide bonds. The van der Waals surface area contributed by atoms with Gasteiger partial charge in [0.15, 0.2) is 5.03 Å². The Morgan fingerprint density at radius 2 is 2.29 bits per heavy atom. The SMILES string of the molecule is NCc1cn[nH]c1S(=O)(=O)NCc1ncc[nH]1. The van der Waals surface area contributed by atoms with Crippen LogP contribution < -0.4 is 10.5 Å². The van der Waals surface area contributed by atoms with Crippen LogP contribution in [-0.2, 0) is 23.1 Å². The van der Waals surface area contributed by atoms with Gasteiger partial charge in [-0.05, 0) is 0 Å². The van der Waals surface area contributed by atoms with Gasteiger partial charge in [-0.3, -0.25) is 5.10 Å². The first kappa shape index (κ1) is 11.8. The molecule has 0 spiro atoms. The van der Waals surface area contributed by atoms with Gasteiger partial charge in [-0.2, -0.15) is 5.10 Å². The summed E-state index contributed by atoms with van der Waals surface area (Å²) in [6.07, 6.45) is 4.55. The van der Waals surface area contributed by atoms with Gasteiger partial charge in [0.05, 0.1) is 12.7 Å². The molecule has 92 valence electrons. The van der Waals surface area contributed by atoms with Crippen LogP contribution in [-0.4, -0.2) is 28.6 Å². The van der Waals surface area contributed by atoms with Gasteiger partial charge in [0.25, 0.3) is 10.0 Å². The maximum atomic E-state index is 11.9. The average Bonchev–Trinajstić information content (AvgIpc) is 2.97. The summed E-state index contributed by atoms with van der Waals surface area (Å²) in [5, 5.41) is 6.06. The van der Waals surface area contributed by atoms with E-state index in [0.29, 0.717) is 11.4 Å². The molecule has 0 aromatic carbocycles. The number of sulfonamides is 1. The Labute approximate surface area is 97.7 Å². The lowest BCUT2D eigenvalue weighted by molar-refractivity contribution is 0.574. The monoisotopic (exact) mass is 256 g/mol. The number of aromatic nitrogens is 4. The van der Waals surface area contributed by atoms with Gasteiger partial charge in [0.2, 0.25) is 0 Å². The third kappa shape index (κ3) is 2.52. The second-order valence-electron chi connectivity index (χ2n) is 3.29. The number of aromatic amines is 2. The van der Waals surface area contributed by atoms with Crippen molar-refractivity contribution in [3.63, 3.8) is 0 Å². The fourth-order valence-corrected chi connectivity index (χ4v) is 2.43. The summed E-state index contributed by atoms with van der Waals surface area (Å²) in [5.41, 5.74) is 5.85. The Kier molecular flexibility index (Phi) is 3.22. The van der Waals surface area contributed by atoms with Crippen molar-refractivity contribution >= 4 is 10.0 Å². The molecule has 9 heteroatoms. The van der Waals surface area contributed by atoms with Crippen LogP contribution in [0.5, 0.6) is 0 Å². The van der Waals surface area contributed by atoms with Crippen molar-refractivity contribution < 1.29 is 8.42 Å². The second kappa shape index (κ2) is 4.65. The van der Waals surface area contributed by atoms with Crippen molar-refractivity contribution in [1.82, 2.24) is 24.9 Å². The fourth-order valence-electron chi connectivity index (χ4n) is 1.31. The van der Waals surface area contributed by atoms with Gasteiger partial charge < -0.3 is 10.7 Å². The lowest BCUT2D eigenvalue weighted by Crippen LogP contribution is -2.25. The molecule has 0 atom stereocenters. The Balaban J connectivity index is 2.14. The van der Waals surface area contributed by atoms with E-state index >= 15 is 0 Å². The number of nitrogens with one attached hydrogen (secondary N) is 3. The minimum atomic E-state index is -3.64. The molecule has 0 aliphatic heterocycles. The summed E-state index contributed by atoms with van der Waals surface area (Å²) in [5.74, 6) is 0.530. The van der Waals surface area contributed by atoms with E-state index in [2.05, 4.69) is 24.9 Å². The standard InChI is InChI=1S/C8H12N6O2S/c9-3-6-4-12-14-8(6)17(15,16)13-5-7-10-1-2-11-7/h1-2,4,13H,3,5,9H2,(H,10,11)(H,12,14). The molecular weight excluding hydrogens is 244 g/mol. The molecule has 17 heavy (non-hydrogen) atoms. The molecule has 2 aromatic rings. The molecule has 2 heterocycles. The Hall–Kier alpha value is -1.71. The molecule has 0 bridgehead atoms. The van der Waals surface area contributed by atoms with Crippen molar-refractivity contribution in [2.75, 3.05) is 0 Å². The first-order chi connectivity index (χ1) is 8.13. The highest BCUT2D eigenvalue weighted by Gasteiger charge is 2.19. The molecule has 8 nitrogen and oxygen atoms in total. The summed E-state index contributed by atoms with van der Waals surface area (Å²) in [6, 6.07) is 0. The molecule has 2 rings (SSSR count). The van der Waals surface area contributed by atoms with Gasteiger partial charge in [0, 0.05) is 24.5 Å². The van der Waals surface area contributed by atoms with Crippen LogP contribution in [0.3, 0.4) is 0 Å². The van der Waals surface area contributed by atoms with Crippen molar-refractivity contribution in [3.8, 4) is 0 Å². The van der Waals surface area contributed by atoms with E-state index in [4.69, 9.17) is 5.73 Å². The van der Waals surface area contributed by atoms with Crippen molar-refractivity contribution in [1.29, 1.82) is 0 Å². The summed E-state index contributed by atoms with van der Waals surface area (Å²) < 4.78 is 26.2. The second-order valence-corrected chi connectivity index (χ2v) is 4.99. The Bertz CT molecular complexity index is 573. The predicted octanol–water partition coefficient (Wildman–Crippen LogP) is -0.930. The van der Waals surface area contributed by atoms with E-state index in [0.717, 1.165) is 0 Å². The van der Waals surface area contributed by atoms with Crippen molar-refractivity contribution in [3.05, 3.63) is 30.0 Å². The topological polar surface area (TPSA) is 130 Å². The number of nitrogens with zero attached hydrogens (tertiary/aromatic N) is 2. The molecule has 0 saturated heterocycles. The van der Waals surface area contributed by atoms with Gasteiger partial charge >= 0.3 is 0 Å². The molecule has 0 unspecified atom stereocenters. The van der Waals surface area contributed by atoms with E-state index in [1.165, 1.54) is 6.20 Å². The van der Waals surface area contributed by atoms with E-state index in [-0.39, 0.29) is 18.1 Å². The number of hydrogen-bond donors (Lipinski definition) is 4. The van der Waals surface area contributed by atoms with E-state index < -0.39 is 10.0 Å². The van der Waals surface area contributed by atoms with Crippen LogP contribution in [0.15, 0.2) is 23.6 Å². The number of rotatable bonds is 5. The molecule has 2 aromatic heterocycles. The Morgan fingerprint density at radius 1 is 1.47 bits per heavy atom. The summed E-state index contributed by atoms with van der Waals surface area (Å²) >= 11 is 0. The quantitative estimate of drug-likeness (QED) is 0.549. The smallest absolute Gasteiger partial charge is 0.258 e. The summed E-state index contributed by atoms with van der Waals surface area (Å²) in [7, 11) is -3.64. The van der Waals surface area contributed by atoms with E-state index in [1.807, 2.05) is 0 Å². The van der Waals surface area contributed by atoms with Gasteiger partial charge in [-0.15, -0.1) is 0 Å². The maximum absolute atomic E-state index is 11.9. The van der Waals surface area contributed by atoms with E-state index in [1.54, 1.807) is 12.4 Å². The molecule has 5 N–H and O–H groups in total. The molecule has 0 aliphatic carbocycles. The lowest BCUT2D eigenvalue weighted by atomic mass is 10.4. The number of hydrogen-bond acceptors (Lipinski definition) is 5. The summed E-state index contributed by atoms with van der Waals surface area (Å²) in [6.45, 7) is 0.186. The lowest BCUT2D eigenvalue weighted by Gasteiger charge is -2.04. The molecule has 0 aliphatic rings. The van der Waals surface area contributed by atoms with Crippen LogP contribution >= 0.6 is 0 Å². The predicted molar refractivity (Wildman–Crippen MR) is 59.1 cm³/mol. The van der Waals surface area contributed by atoms with Crippen LogP contribution in [0.4, 0.5) is 0 Å². The van der Waals surface area contributed by atoms with Crippen LogP contribution in [0, 0.1) is 0 Å². The molecular formula is C8H12N6O2S. The molecule has 0 saturated carbocycles. The highest BCUT2D eigenvalue weighted by molar-refractivity contribution is 7.89. The minimum Gasteiger partial charge on any atom is -0.347 e. The zero-order valence-electron chi connectivity index (χ0n) is 8.84. The third-order valence-corrected chi connectivity index (χ3v) is 3.57. The zero-order valence-corrected chi connectivity index (χ0v) is 9.66. The average molecular weight is 256 g/mol. The van der Waals surface area contributed by atoms with Crippen molar-refractivity contribution in [2.45, 2.75) is 18.1 Å². The van der Waals surface area contributed by atoms with Gasteiger partial charge in [-0.1, -0.05) is 0 Å². The fraction of sp³-hybridized carbons (Fsp3) is 0.250. The molecule has 0 fully saturated rings. The Morgan fingerprint density at radius 3 is 2.94 bits per heavy atom. The number of nitrogens with two attached hydrogens (primary N) is 1. The largest absolute Gasteiger partial charge is 0.347 e. The zero-order chi connectivity index (χ0) is 12.3. The third-order valence-electron chi connectivity index (χ3n) is 2.15. The summed E-state index contributed by atoms with van der Waals surface area (Å²) in [4.78, 5) is 6.71. The van der Waals surface area contributed by atoms with Crippen LogP contribution in [0.2, 0.25) is 0 Å². The van der Waals surface area contributed by atoms with Gasteiger partial charge in [0.1, 0.15) is 5.82 Å². The number of H-pyrrole nitrogens is 2. The highest BCUT2D eigenvalue weighted by Crippen LogP contribution is 2.10. The first-order valence-corrected chi connectivity index (χ1v) is 6.32. The number of imidazole rings is 1. The van der Waals surface area contributed by atoms with Crippen molar-refractivity contribution in [2.24, 2.45) is 5.73 Å². The van der Waals surface area contributed by atoms with Gasteiger partial charge in [-0.25, -0.2) is 18.1 Å². The molecule has 0 radical (unpaired) electrons.